The number of carbonyl (C=O) groups is 1. The van der Waals surface area contributed by atoms with Crippen LogP contribution in [0, 0.1) is 11.8 Å². The van der Waals surface area contributed by atoms with Crippen LogP contribution in [0.15, 0.2) is 18.3 Å². The molecule has 0 fully saturated rings. The van der Waals surface area contributed by atoms with Gasteiger partial charge in [-0.2, -0.15) is 0 Å². The molecule has 96 valence electrons. The van der Waals surface area contributed by atoms with E-state index in [4.69, 9.17) is 5.73 Å². The van der Waals surface area contributed by atoms with E-state index in [2.05, 4.69) is 22.1 Å². The van der Waals surface area contributed by atoms with Crippen molar-refractivity contribution in [3.8, 4) is 11.8 Å². The second kappa shape index (κ2) is 7.46. The summed E-state index contributed by atoms with van der Waals surface area (Å²) < 4.78 is 0. The van der Waals surface area contributed by atoms with Gasteiger partial charge >= 0.3 is 0 Å². The molecule has 4 nitrogen and oxygen atoms in total. The van der Waals surface area contributed by atoms with Gasteiger partial charge in [-0.25, -0.2) is 4.98 Å². The van der Waals surface area contributed by atoms with E-state index < -0.39 is 0 Å². The molecule has 3 N–H and O–H groups in total. The Kier molecular flexibility index (Phi) is 5.89. The quantitative estimate of drug-likeness (QED) is 0.786. The zero-order valence-electron chi connectivity index (χ0n) is 10.9. The van der Waals surface area contributed by atoms with Gasteiger partial charge < -0.3 is 11.1 Å². The molecule has 0 spiro atoms. The summed E-state index contributed by atoms with van der Waals surface area (Å²) >= 11 is 0. The van der Waals surface area contributed by atoms with E-state index in [1.54, 1.807) is 18.3 Å². The molecule has 1 rings (SSSR count). The van der Waals surface area contributed by atoms with Crippen LogP contribution in [0.4, 0.5) is 0 Å². The Morgan fingerprint density at radius 3 is 2.83 bits per heavy atom. The van der Waals surface area contributed by atoms with E-state index in [-0.39, 0.29) is 18.5 Å². The zero-order chi connectivity index (χ0) is 13.4. The van der Waals surface area contributed by atoms with Gasteiger partial charge in [0.2, 0.25) is 0 Å². The standard InChI is InChI=1S/C14H19N3O/c1-3-12(4-2)17-14(18)13-11(7-5-9-15)8-6-10-16-13/h6,8,10,12H,3-4,9,15H2,1-2H3,(H,17,18). The molecule has 0 saturated heterocycles. The summed E-state index contributed by atoms with van der Waals surface area (Å²) in [6, 6.07) is 3.71. The van der Waals surface area contributed by atoms with Crippen LogP contribution in [0.2, 0.25) is 0 Å². The van der Waals surface area contributed by atoms with E-state index >= 15 is 0 Å². The number of hydrogen-bond donors (Lipinski definition) is 2. The molecule has 0 bridgehead atoms. The molecule has 0 unspecified atom stereocenters. The lowest BCUT2D eigenvalue weighted by Gasteiger charge is -2.14. The molecule has 0 saturated carbocycles. The van der Waals surface area contributed by atoms with Gasteiger partial charge in [0.05, 0.1) is 12.1 Å². The third kappa shape index (κ3) is 3.86. The van der Waals surface area contributed by atoms with Gasteiger partial charge in [0.25, 0.3) is 5.91 Å². The minimum Gasteiger partial charge on any atom is -0.348 e. The van der Waals surface area contributed by atoms with Crippen molar-refractivity contribution in [2.24, 2.45) is 5.73 Å². The molecule has 0 radical (unpaired) electrons. The van der Waals surface area contributed by atoms with E-state index in [0.29, 0.717) is 11.3 Å². The molecule has 0 aliphatic carbocycles. The Morgan fingerprint density at radius 1 is 1.50 bits per heavy atom. The SMILES string of the molecule is CCC(CC)NC(=O)c1ncccc1C#CCN. The van der Waals surface area contributed by atoms with Crippen molar-refractivity contribution >= 4 is 5.91 Å². The predicted octanol–water partition coefficient (Wildman–Crippen LogP) is 1.31. The highest BCUT2D eigenvalue weighted by molar-refractivity contribution is 5.94. The molecule has 1 aromatic heterocycles. The summed E-state index contributed by atoms with van der Waals surface area (Å²) in [5.74, 6) is 5.43. The van der Waals surface area contributed by atoms with Crippen molar-refractivity contribution < 1.29 is 4.79 Å². The van der Waals surface area contributed by atoms with Crippen LogP contribution in [0.5, 0.6) is 0 Å². The van der Waals surface area contributed by atoms with Crippen LogP contribution in [-0.4, -0.2) is 23.5 Å². The molecule has 1 amide bonds. The lowest BCUT2D eigenvalue weighted by molar-refractivity contribution is 0.0929. The zero-order valence-corrected chi connectivity index (χ0v) is 10.9. The molecule has 0 aliphatic rings. The molecule has 1 heterocycles. The highest BCUT2D eigenvalue weighted by Gasteiger charge is 2.14. The minimum atomic E-state index is -0.175. The predicted molar refractivity (Wildman–Crippen MR) is 72.0 cm³/mol. The third-order valence-corrected chi connectivity index (χ3v) is 2.67. The Balaban J connectivity index is 2.91. The van der Waals surface area contributed by atoms with Gasteiger partial charge in [-0.3, -0.25) is 4.79 Å². The van der Waals surface area contributed by atoms with Crippen molar-refractivity contribution in [1.29, 1.82) is 0 Å². The number of aromatic nitrogens is 1. The fraction of sp³-hybridized carbons (Fsp3) is 0.429. The summed E-state index contributed by atoms with van der Waals surface area (Å²) in [4.78, 5) is 16.2. The van der Waals surface area contributed by atoms with Crippen molar-refractivity contribution in [1.82, 2.24) is 10.3 Å². The first-order chi connectivity index (χ1) is 8.72. The molecular formula is C14H19N3O. The van der Waals surface area contributed by atoms with Crippen LogP contribution in [0.25, 0.3) is 0 Å². The molecule has 1 aromatic rings. The third-order valence-electron chi connectivity index (χ3n) is 2.67. The monoisotopic (exact) mass is 245 g/mol. The topological polar surface area (TPSA) is 68.0 Å². The number of nitrogens with two attached hydrogens (primary N) is 1. The summed E-state index contributed by atoms with van der Waals surface area (Å²) in [7, 11) is 0. The second-order valence-corrected chi connectivity index (χ2v) is 3.89. The van der Waals surface area contributed by atoms with E-state index in [1.807, 2.05) is 13.8 Å². The number of hydrogen-bond acceptors (Lipinski definition) is 3. The van der Waals surface area contributed by atoms with Gasteiger partial charge in [0.1, 0.15) is 5.69 Å². The lowest BCUT2D eigenvalue weighted by atomic mass is 10.1. The Hall–Kier alpha value is -1.86. The smallest absolute Gasteiger partial charge is 0.271 e. The molecule has 18 heavy (non-hydrogen) atoms. The van der Waals surface area contributed by atoms with Gasteiger partial charge in [-0.1, -0.05) is 25.7 Å². The first-order valence-corrected chi connectivity index (χ1v) is 6.17. The Bertz CT molecular complexity index is 456. The van der Waals surface area contributed by atoms with Crippen molar-refractivity contribution in [3.63, 3.8) is 0 Å². The first-order valence-electron chi connectivity index (χ1n) is 6.17. The van der Waals surface area contributed by atoms with Crippen LogP contribution in [0.1, 0.15) is 42.7 Å². The second-order valence-electron chi connectivity index (χ2n) is 3.89. The fourth-order valence-electron chi connectivity index (χ4n) is 1.58. The van der Waals surface area contributed by atoms with Crippen LogP contribution in [-0.2, 0) is 0 Å². The Labute approximate surface area is 108 Å². The van der Waals surface area contributed by atoms with Crippen LogP contribution in [0.3, 0.4) is 0 Å². The first kappa shape index (κ1) is 14.2. The van der Waals surface area contributed by atoms with Crippen LogP contribution >= 0.6 is 0 Å². The molecular weight excluding hydrogens is 226 g/mol. The maximum atomic E-state index is 12.1. The summed E-state index contributed by atoms with van der Waals surface area (Å²) in [5, 5.41) is 2.95. The molecule has 0 aliphatic heterocycles. The number of amides is 1. The highest BCUT2D eigenvalue weighted by atomic mass is 16.1. The van der Waals surface area contributed by atoms with Gasteiger partial charge in [-0.15, -0.1) is 0 Å². The molecule has 0 atom stereocenters. The average Bonchev–Trinajstić information content (AvgIpc) is 2.42. The van der Waals surface area contributed by atoms with Crippen molar-refractivity contribution in [2.75, 3.05) is 6.54 Å². The van der Waals surface area contributed by atoms with Crippen molar-refractivity contribution in [2.45, 2.75) is 32.7 Å². The number of nitrogens with zero attached hydrogens (tertiary/aromatic N) is 1. The number of pyridine rings is 1. The number of rotatable bonds is 4. The van der Waals surface area contributed by atoms with Gasteiger partial charge in [0, 0.05) is 12.2 Å². The Morgan fingerprint density at radius 2 is 2.22 bits per heavy atom. The van der Waals surface area contributed by atoms with E-state index in [9.17, 15) is 4.79 Å². The number of carbonyl (C=O) groups excluding carboxylic acids is 1. The normalized spacial score (nSPS) is 9.78. The van der Waals surface area contributed by atoms with Crippen molar-refractivity contribution in [3.05, 3.63) is 29.6 Å². The highest BCUT2D eigenvalue weighted by Crippen LogP contribution is 2.05. The largest absolute Gasteiger partial charge is 0.348 e. The van der Waals surface area contributed by atoms with E-state index in [1.165, 1.54) is 0 Å². The minimum absolute atomic E-state index is 0.175. The van der Waals surface area contributed by atoms with Gasteiger partial charge in [-0.05, 0) is 25.0 Å². The average molecular weight is 245 g/mol. The summed E-state index contributed by atoms with van der Waals surface area (Å²) in [6.45, 7) is 4.35. The van der Waals surface area contributed by atoms with E-state index in [0.717, 1.165) is 12.8 Å². The summed E-state index contributed by atoms with van der Waals surface area (Å²) in [6.07, 6.45) is 3.40. The molecule has 0 aromatic carbocycles. The lowest BCUT2D eigenvalue weighted by Crippen LogP contribution is -2.34. The van der Waals surface area contributed by atoms with Crippen LogP contribution < -0.4 is 11.1 Å². The number of nitrogens with one attached hydrogen (secondary N) is 1. The fourth-order valence-corrected chi connectivity index (χ4v) is 1.58. The maximum absolute atomic E-state index is 12.1. The maximum Gasteiger partial charge on any atom is 0.271 e. The summed E-state index contributed by atoms with van der Waals surface area (Å²) in [5.41, 5.74) is 6.31. The molecule has 4 heteroatoms. The van der Waals surface area contributed by atoms with Gasteiger partial charge in [0.15, 0.2) is 0 Å².